The molecule has 1 unspecified atom stereocenters. The number of nitrogens with two attached hydrogens (primary N) is 1. The number of ether oxygens (including phenoxy) is 1. The van der Waals surface area contributed by atoms with Crippen molar-refractivity contribution in [1.29, 1.82) is 0 Å². The second kappa shape index (κ2) is 5.84. The highest BCUT2D eigenvalue weighted by atomic mass is 32.1. The lowest BCUT2D eigenvalue weighted by molar-refractivity contribution is -0.142. The minimum atomic E-state index is -0.485. The number of nitrogens with zero attached hydrogens (tertiary/aromatic N) is 1. The molecule has 5 heteroatoms. The Kier molecular flexibility index (Phi) is 4.52. The lowest BCUT2D eigenvalue weighted by Crippen LogP contribution is -2.51. The zero-order valence-corrected chi connectivity index (χ0v) is 13.5. The average molecular weight is 296 g/mol. The summed E-state index contributed by atoms with van der Waals surface area (Å²) in [5, 5.41) is 0. The summed E-state index contributed by atoms with van der Waals surface area (Å²) in [5.74, 6) is -0.372. The van der Waals surface area contributed by atoms with Crippen LogP contribution in [-0.4, -0.2) is 36.1 Å². The van der Waals surface area contributed by atoms with Gasteiger partial charge in [-0.1, -0.05) is 20.8 Å². The zero-order valence-electron chi connectivity index (χ0n) is 12.7. The van der Waals surface area contributed by atoms with E-state index >= 15 is 0 Å². The Balaban J connectivity index is 2.02. The minimum Gasteiger partial charge on any atom is -0.367 e. The van der Waals surface area contributed by atoms with Crippen LogP contribution in [-0.2, 0) is 21.5 Å². The minimum absolute atomic E-state index is 0.0447. The third-order valence-electron chi connectivity index (χ3n) is 3.43. The van der Waals surface area contributed by atoms with Gasteiger partial charge in [-0.05, 0) is 24.5 Å². The van der Waals surface area contributed by atoms with Crippen LogP contribution >= 0.6 is 11.3 Å². The van der Waals surface area contributed by atoms with E-state index in [0.717, 1.165) is 13.1 Å². The lowest BCUT2D eigenvalue weighted by atomic mass is 9.95. The van der Waals surface area contributed by atoms with Gasteiger partial charge in [0.15, 0.2) is 0 Å². The molecule has 0 aromatic carbocycles. The topological polar surface area (TPSA) is 55.6 Å². The molecule has 1 fully saturated rings. The zero-order chi connectivity index (χ0) is 14.9. The molecule has 0 saturated carbocycles. The molecule has 2 N–H and O–H groups in total. The molecule has 2 atom stereocenters. The molecule has 1 amide bonds. The third-order valence-corrected chi connectivity index (χ3v) is 4.93. The molecule has 0 aliphatic carbocycles. The lowest BCUT2D eigenvalue weighted by Gasteiger charge is -2.35. The molecule has 4 nitrogen and oxygen atoms in total. The fourth-order valence-electron chi connectivity index (χ4n) is 2.41. The van der Waals surface area contributed by atoms with Crippen LogP contribution in [0.5, 0.6) is 0 Å². The maximum atomic E-state index is 11.3. The molecule has 1 aliphatic heterocycles. The van der Waals surface area contributed by atoms with Crippen molar-refractivity contribution >= 4 is 17.2 Å². The standard InChI is InChI=1S/C15H24N2O2S/c1-10-7-17(9-12(19-10)14(16)18)8-11-5-6-13(20-11)15(2,3)4/h5-6,10,12H,7-9H2,1-4H3,(H2,16,18)/t10-,12?/m1/s1. The van der Waals surface area contributed by atoms with Crippen LogP contribution in [0.15, 0.2) is 12.1 Å². The number of primary amides is 1. The van der Waals surface area contributed by atoms with Crippen molar-refractivity contribution in [2.75, 3.05) is 13.1 Å². The Morgan fingerprint density at radius 3 is 2.70 bits per heavy atom. The first-order chi connectivity index (χ1) is 9.25. The van der Waals surface area contributed by atoms with Crippen molar-refractivity contribution < 1.29 is 9.53 Å². The molecule has 2 rings (SSSR count). The molecule has 0 radical (unpaired) electrons. The first-order valence-corrected chi connectivity index (χ1v) is 7.83. The summed E-state index contributed by atoms with van der Waals surface area (Å²) in [5.41, 5.74) is 5.55. The number of hydrogen-bond donors (Lipinski definition) is 1. The summed E-state index contributed by atoms with van der Waals surface area (Å²) in [6.45, 7) is 10.9. The number of morpholine rings is 1. The molecular formula is C15H24N2O2S. The maximum Gasteiger partial charge on any atom is 0.247 e. The Morgan fingerprint density at radius 1 is 1.45 bits per heavy atom. The predicted molar refractivity (Wildman–Crippen MR) is 81.8 cm³/mol. The van der Waals surface area contributed by atoms with E-state index in [4.69, 9.17) is 10.5 Å². The van der Waals surface area contributed by atoms with E-state index in [9.17, 15) is 4.79 Å². The van der Waals surface area contributed by atoms with Crippen LogP contribution < -0.4 is 5.73 Å². The Labute approximate surface area is 124 Å². The molecular weight excluding hydrogens is 272 g/mol. The van der Waals surface area contributed by atoms with E-state index < -0.39 is 6.10 Å². The maximum absolute atomic E-state index is 11.3. The SMILES string of the molecule is C[C@@H]1CN(Cc2ccc(C(C)(C)C)s2)CC(C(N)=O)O1. The number of rotatable bonds is 3. The number of hydrogen-bond acceptors (Lipinski definition) is 4. The normalized spacial score (nSPS) is 24.8. The number of amides is 1. The molecule has 0 bridgehead atoms. The van der Waals surface area contributed by atoms with Gasteiger partial charge in [-0.15, -0.1) is 11.3 Å². The highest BCUT2D eigenvalue weighted by Gasteiger charge is 2.29. The summed E-state index contributed by atoms with van der Waals surface area (Å²) in [7, 11) is 0. The van der Waals surface area contributed by atoms with Crippen molar-refractivity contribution in [2.45, 2.75) is 51.9 Å². The van der Waals surface area contributed by atoms with Crippen molar-refractivity contribution in [2.24, 2.45) is 5.73 Å². The Bertz CT molecular complexity index is 478. The van der Waals surface area contributed by atoms with Crippen LogP contribution in [0.1, 0.15) is 37.4 Å². The Morgan fingerprint density at radius 2 is 2.15 bits per heavy atom. The van der Waals surface area contributed by atoms with Gasteiger partial charge in [0, 0.05) is 29.4 Å². The second-order valence-corrected chi connectivity index (χ2v) is 7.72. The van der Waals surface area contributed by atoms with Crippen LogP contribution in [0.4, 0.5) is 0 Å². The first kappa shape index (κ1) is 15.5. The van der Waals surface area contributed by atoms with Crippen molar-refractivity contribution in [3.8, 4) is 0 Å². The van der Waals surface area contributed by atoms with Gasteiger partial charge in [-0.25, -0.2) is 0 Å². The van der Waals surface area contributed by atoms with Gasteiger partial charge in [-0.2, -0.15) is 0 Å². The predicted octanol–water partition coefficient (Wildman–Crippen LogP) is 2.12. The fraction of sp³-hybridized carbons (Fsp3) is 0.667. The molecule has 1 saturated heterocycles. The molecule has 0 spiro atoms. The van der Waals surface area contributed by atoms with Crippen LogP contribution in [0.2, 0.25) is 0 Å². The van der Waals surface area contributed by atoms with E-state index in [1.54, 1.807) is 0 Å². The van der Waals surface area contributed by atoms with E-state index in [1.807, 2.05) is 18.3 Å². The molecule has 1 aromatic rings. The molecule has 112 valence electrons. The van der Waals surface area contributed by atoms with Gasteiger partial charge in [-0.3, -0.25) is 9.69 Å². The highest BCUT2D eigenvalue weighted by Crippen LogP contribution is 2.30. The summed E-state index contributed by atoms with van der Waals surface area (Å²) in [4.78, 5) is 16.3. The van der Waals surface area contributed by atoms with Crippen molar-refractivity contribution in [1.82, 2.24) is 4.90 Å². The van der Waals surface area contributed by atoms with E-state index in [2.05, 4.69) is 37.8 Å². The largest absolute Gasteiger partial charge is 0.367 e. The van der Waals surface area contributed by atoms with Gasteiger partial charge >= 0.3 is 0 Å². The molecule has 2 heterocycles. The Hall–Kier alpha value is -0.910. The number of carbonyl (C=O) groups excluding carboxylic acids is 1. The summed E-state index contributed by atoms with van der Waals surface area (Å²) < 4.78 is 5.56. The van der Waals surface area contributed by atoms with Gasteiger partial charge in [0.1, 0.15) is 6.10 Å². The summed E-state index contributed by atoms with van der Waals surface area (Å²) in [6.07, 6.45) is -0.441. The highest BCUT2D eigenvalue weighted by molar-refractivity contribution is 7.12. The van der Waals surface area contributed by atoms with E-state index in [-0.39, 0.29) is 17.4 Å². The smallest absolute Gasteiger partial charge is 0.247 e. The summed E-state index contributed by atoms with van der Waals surface area (Å²) in [6, 6.07) is 4.39. The van der Waals surface area contributed by atoms with Crippen LogP contribution in [0.25, 0.3) is 0 Å². The third kappa shape index (κ3) is 3.81. The number of carbonyl (C=O) groups is 1. The van der Waals surface area contributed by atoms with Gasteiger partial charge in [0.25, 0.3) is 0 Å². The molecule has 20 heavy (non-hydrogen) atoms. The van der Waals surface area contributed by atoms with Crippen molar-refractivity contribution in [3.63, 3.8) is 0 Å². The second-order valence-electron chi connectivity index (χ2n) is 6.55. The van der Waals surface area contributed by atoms with Gasteiger partial charge < -0.3 is 10.5 Å². The quantitative estimate of drug-likeness (QED) is 0.929. The molecule has 1 aliphatic rings. The van der Waals surface area contributed by atoms with E-state index in [1.165, 1.54) is 9.75 Å². The number of thiophene rings is 1. The monoisotopic (exact) mass is 296 g/mol. The fourth-order valence-corrected chi connectivity index (χ4v) is 3.52. The van der Waals surface area contributed by atoms with Crippen molar-refractivity contribution in [3.05, 3.63) is 21.9 Å². The van der Waals surface area contributed by atoms with Gasteiger partial charge in [0.05, 0.1) is 6.10 Å². The van der Waals surface area contributed by atoms with Crippen LogP contribution in [0.3, 0.4) is 0 Å². The van der Waals surface area contributed by atoms with Crippen LogP contribution in [0, 0.1) is 0 Å². The average Bonchev–Trinajstić information content (AvgIpc) is 2.76. The van der Waals surface area contributed by atoms with E-state index in [0.29, 0.717) is 6.54 Å². The van der Waals surface area contributed by atoms with Gasteiger partial charge in [0.2, 0.25) is 5.91 Å². The summed E-state index contributed by atoms with van der Waals surface area (Å²) >= 11 is 1.85. The molecule has 1 aromatic heterocycles. The first-order valence-electron chi connectivity index (χ1n) is 7.02.